The number of hydrogen-bond donors (Lipinski definition) is 1. The van der Waals surface area contributed by atoms with Crippen molar-refractivity contribution in [2.24, 2.45) is 7.05 Å². The first-order valence-electron chi connectivity index (χ1n) is 5.48. The van der Waals surface area contributed by atoms with Crippen molar-refractivity contribution in [1.82, 2.24) is 20.1 Å². The van der Waals surface area contributed by atoms with Crippen LogP contribution in [0.25, 0.3) is 0 Å². The van der Waals surface area contributed by atoms with Crippen LogP contribution in [-0.2, 0) is 13.6 Å². The van der Waals surface area contributed by atoms with Crippen LogP contribution in [0.2, 0.25) is 0 Å². The number of aromatic nitrogens is 3. The summed E-state index contributed by atoms with van der Waals surface area (Å²) in [6, 6.07) is 4.35. The van der Waals surface area contributed by atoms with E-state index in [0.717, 1.165) is 24.0 Å². The Morgan fingerprint density at radius 1 is 1.47 bits per heavy atom. The van der Waals surface area contributed by atoms with Crippen molar-refractivity contribution in [2.45, 2.75) is 18.6 Å². The van der Waals surface area contributed by atoms with E-state index >= 15 is 0 Å². The monoisotopic (exact) mass is 268 g/mol. The molecule has 0 amide bonds. The number of aryl methyl sites for hydroxylation is 2. The summed E-state index contributed by atoms with van der Waals surface area (Å²) in [4.78, 5) is 2.77. The van der Waals surface area contributed by atoms with Gasteiger partial charge in [0, 0.05) is 35.6 Å². The standard InChI is InChI=1S/C11H16N4S2/c1-9-3-4-10(17-9)7-12-5-6-16-11-14-13-8-15(11)2/h3-4,8,12H,5-7H2,1-2H3. The van der Waals surface area contributed by atoms with Crippen molar-refractivity contribution in [3.8, 4) is 0 Å². The highest BCUT2D eigenvalue weighted by Gasteiger charge is 2.00. The van der Waals surface area contributed by atoms with E-state index < -0.39 is 0 Å². The van der Waals surface area contributed by atoms with Gasteiger partial charge in [-0.15, -0.1) is 21.5 Å². The van der Waals surface area contributed by atoms with Gasteiger partial charge in [0.05, 0.1) is 0 Å². The van der Waals surface area contributed by atoms with E-state index in [4.69, 9.17) is 0 Å². The molecule has 0 bridgehead atoms. The van der Waals surface area contributed by atoms with Gasteiger partial charge in [0.2, 0.25) is 0 Å². The fourth-order valence-electron chi connectivity index (χ4n) is 1.41. The van der Waals surface area contributed by atoms with Gasteiger partial charge in [-0.1, -0.05) is 11.8 Å². The fraction of sp³-hybridized carbons (Fsp3) is 0.455. The molecule has 2 heterocycles. The summed E-state index contributed by atoms with van der Waals surface area (Å²) in [5, 5.41) is 12.3. The lowest BCUT2D eigenvalue weighted by molar-refractivity contribution is 0.736. The molecular weight excluding hydrogens is 252 g/mol. The first kappa shape index (κ1) is 12.6. The Morgan fingerprint density at radius 3 is 3.00 bits per heavy atom. The van der Waals surface area contributed by atoms with Crippen molar-refractivity contribution in [3.05, 3.63) is 28.2 Å². The maximum Gasteiger partial charge on any atom is 0.190 e. The number of nitrogens with zero attached hydrogens (tertiary/aromatic N) is 3. The van der Waals surface area contributed by atoms with Gasteiger partial charge in [-0.3, -0.25) is 0 Å². The molecule has 2 aromatic heterocycles. The normalized spacial score (nSPS) is 10.9. The summed E-state index contributed by atoms with van der Waals surface area (Å²) >= 11 is 3.57. The number of rotatable bonds is 6. The van der Waals surface area contributed by atoms with Crippen LogP contribution in [0, 0.1) is 6.92 Å². The van der Waals surface area contributed by atoms with Gasteiger partial charge in [0.25, 0.3) is 0 Å². The van der Waals surface area contributed by atoms with Crippen LogP contribution in [0.5, 0.6) is 0 Å². The lowest BCUT2D eigenvalue weighted by Gasteiger charge is -2.02. The Bertz CT molecular complexity index is 463. The zero-order valence-corrected chi connectivity index (χ0v) is 11.6. The SMILES string of the molecule is Cc1ccc(CNCCSc2nncn2C)s1. The molecule has 0 fully saturated rings. The van der Waals surface area contributed by atoms with Gasteiger partial charge in [-0.05, 0) is 19.1 Å². The maximum absolute atomic E-state index is 4.03. The molecule has 0 saturated carbocycles. The second kappa shape index (κ2) is 6.18. The third kappa shape index (κ3) is 3.83. The summed E-state index contributed by atoms with van der Waals surface area (Å²) in [7, 11) is 1.96. The third-order valence-electron chi connectivity index (χ3n) is 2.28. The zero-order chi connectivity index (χ0) is 12.1. The van der Waals surface area contributed by atoms with E-state index in [2.05, 4.69) is 34.6 Å². The van der Waals surface area contributed by atoms with Gasteiger partial charge in [0.1, 0.15) is 6.33 Å². The number of nitrogens with one attached hydrogen (secondary N) is 1. The smallest absolute Gasteiger partial charge is 0.190 e. The van der Waals surface area contributed by atoms with Crippen molar-refractivity contribution >= 4 is 23.1 Å². The van der Waals surface area contributed by atoms with Crippen LogP contribution in [-0.4, -0.2) is 27.1 Å². The minimum atomic E-state index is 0.956. The molecule has 0 aliphatic rings. The van der Waals surface area contributed by atoms with Gasteiger partial charge in [-0.25, -0.2) is 0 Å². The third-order valence-corrected chi connectivity index (χ3v) is 4.31. The molecular formula is C11H16N4S2. The summed E-state index contributed by atoms with van der Waals surface area (Å²) in [5.74, 6) is 1.01. The molecule has 0 aliphatic carbocycles. The molecule has 0 unspecified atom stereocenters. The molecule has 0 aliphatic heterocycles. The highest BCUT2D eigenvalue weighted by atomic mass is 32.2. The Hall–Kier alpha value is -0.850. The molecule has 0 spiro atoms. The van der Waals surface area contributed by atoms with E-state index in [9.17, 15) is 0 Å². The van der Waals surface area contributed by atoms with Crippen molar-refractivity contribution in [1.29, 1.82) is 0 Å². The van der Waals surface area contributed by atoms with Gasteiger partial charge in [0.15, 0.2) is 5.16 Å². The lowest BCUT2D eigenvalue weighted by atomic mass is 10.4. The first-order chi connectivity index (χ1) is 8.25. The second-order valence-corrected chi connectivity index (χ2v) is 6.20. The lowest BCUT2D eigenvalue weighted by Crippen LogP contribution is -2.15. The van der Waals surface area contributed by atoms with Crippen LogP contribution in [0.15, 0.2) is 23.6 Å². The highest BCUT2D eigenvalue weighted by Crippen LogP contribution is 2.15. The minimum absolute atomic E-state index is 0.956. The molecule has 0 atom stereocenters. The molecule has 92 valence electrons. The predicted octanol–water partition coefficient (Wildman–Crippen LogP) is 2.07. The molecule has 1 N–H and O–H groups in total. The summed E-state index contributed by atoms with van der Waals surface area (Å²) < 4.78 is 1.94. The summed E-state index contributed by atoms with van der Waals surface area (Å²) in [5.41, 5.74) is 0. The molecule has 2 rings (SSSR count). The number of hydrogen-bond acceptors (Lipinski definition) is 5. The van der Waals surface area contributed by atoms with Gasteiger partial charge in [-0.2, -0.15) is 0 Å². The quantitative estimate of drug-likeness (QED) is 0.643. The van der Waals surface area contributed by atoms with Crippen LogP contribution in [0.3, 0.4) is 0 Å². The average Bonchev–Trinajstić information content (AvgIpc) is 2.88. The minimum Gasteiger partial charge on any atom is -0.312 e. The largest absolute Gasteiger partial charge is 0.312 e. The molecule has 0 radical (unpaired) electrons. The van der Waals surface area contributed by atoms with Crippen molar-refractivity contribution in [2.75, 3.05) is 12.3 Å². The Balaban J connectivity index is 1.62. The molecule has 2 aromatic rings. The van der Waals surface area contributed by atoms with E-state index in [-0.39, 0.29) is 0 Å². The maximum atomic E-state index is 4.03. The van der Waals surface area contributed by atoms with Crippen molar-refractivity contribution in [3.63, 3.8) is 0 Å². The summed E-state index contributed by atoms with van der Waals surface area (Å²) in [6.45, 7) is 4.07. The topological polar surface area (TPSA) is 42.7 Å². The first-order valence-corrected chi connectivity index (χ1v) is 7.29. The van der Waals surface area contributed by atoms with E-state index in [0.29, 0.717) is 0 Å². The molecule has 0 saturated heterocycles. The molecule has 4 nitrogen and oxygen atoms in total. The number of thioether (sulfide) groups is 1. The Labute approximate surface area is 109 Å². The predicted molar refractivity (Wildman–Crippen MR) is 72.5 cm³/mol. The zero-order valence-electron chi connectivity index (χ0n) is 10.0. The van der Waals surface area contributed by atoms with Crippen molar-refractivity contribution < 1.29 is 0 Å². The number of thiophene rings is 1. The Morgan fingerprint density at radius 2 is 2.35 bits per heavy atom. The van der Waals surface area contributed by atoms with Crippen LogP contribution in [0.1, 0.15) is 9.75 Å². The second-order valence-electron chi connectivity index (χ2n) is 3.76. The van der Waals surface area contributed by atoms with Crippen LogP contribution >= 0.6 is 23.1 Å². The molecule has 0 aromatic carbocycles. The molecule has 6 heteroatoms. The average molecular weight is 268 g/mol. The fourth-order valence-corrected chi connectivity index (χ4v) is 3.05. The molecule has 17 heavy (non-hydrogen) atoms. The van der Waals surface area contributed by atoms with Crippen LogP contribution in [0.4, 0.5) is 0 Å². The van der Waals surface area contributed by atoms with Crippen LogP contribution < -0.4 is 5.32 Å². The van der Waals surface area contributed by atoms with Gasteiger partial charge < -0.3 is 9.88 Å². The summed E-state index contributed by atoms with van der Waals surface area (Å²) in [6.07, 6.45) is 1.73. The highest BCUT2D eigenvalue weighted by molar-refractivity contribution is 7.99. The van der Waals surface area contributed by atoms with E-state index in [1.807, 2.05) is 23.0 Å². The Kier molecular flexibility index (Phi) is 4.58. The van der Waals surface area contributed by atoms with E-state index in [1.165, 1.54) is 9.75 Å². The van der Waals surface area contributed by atoms with E-state index in [1.54, 1.807) is 18.1 Å². The van der Waals surface area contributed by atoms with Gasteiger partial charge >= 0.3 is 0 Å².